The van der Waals surface area contributed by atoms with Crippen LogP contribution in [0.15, 0.2) is 45.5 Å². The molecule has 0 amide bonds. The van der Waals surface area contributed by atoms with Crippen LogP contribution in [0.2, 0.25) is 0 Å². The van der Waals surface area contributed by atoms with Crippen LogP contribution in [0.5, 0.6) is 0 Å². The van der Waals surface area contributed by atoms with E-state index in [9.17, 15) is 0 Å². The van der Waals surface area contributed by atoms with Gasteiger partial charge in [0.2, 0.25) is 0 Å². The second kappa shape index (κ2) is 6.91. The Bertz CT molecular complexity index is 533. The molecule has 1 nitrogen and oxygen atoms in total. The fourth-order valence-electron chi connectivity index (χ4n) is 3.41. The SMILES string of the molecule is CC1CCC(C2=CCC(CCc3ccc(Br)cc3)=N2)CC1. The van der Waals surface area contributed by atoms with Gasteiger partial charge in [0.1, 0.15) is 0 Å². The van der Waals surface area contributed by atoms with Crippen molar-refractivity contribution in [3.8, 4) is 0 Å². The second-order valence-electron chi connectivity index (χ2n) is 6.59. The van der Waals surface area contributed by atoms with Gasteiger partial charge >= 0.3 is 0 Å². The highest BCUT2D eigenvalue weighted by Crippen LogP contribution is 2.35. The van der Waals surface area contributed by atoms with E-state index in [4.69, 9.17) is 4.99 Å². The van der Waals surface area contributed by atoms with Gasteiger partial charge in [-0.15, -0.1) is 0 Å². The molecule has 0 N–H and O–H groups in total. The van der Waals surface area contributed by atoms with Gasteiger partial charge in [0, 0.05) is 28.2 Å². The summed E-state index contributed by atoms with van der Waals surface area (Å²) in [4.78, 5) is 4.94. The van der Waals surface area contributed by atoms with Crippen LogP contribution in [0, 0.1) is 11.8 Å². The van der Waals surface area contributed by atoms with Crippen LogP contribution < -0.4 is 0 Å². The van der Waals surface area contributed by atoms with Crippen molar-refractivity contribution >= 4 is 21.6 Å². The molecule has 3 rings (SSSR count). The Kier molecular flexibility index (Phi) is 4.95. The lowest BCUT2D eigenvalue weighted by Crippen LogP contribution is -2.13. The molecule has 2 heteroatoms. The minimum absolute atomic E-state index is 0.742. The smallest absolute Gasteiger partial charge is 0.0398 e. The highest BCUT2D eigenvalue weighted by Gasteiger charge is 2.23. The molecule has 0 atom stereocenters. The van der Waals surface area contributed by atoms with Gasteiger partial charge in [-0.2, -0.15) is 0 Å². The number of allylic oxidation sites excluding steroid dienone is 2. The summed E-state index contributed by atoms with van der Waals surface area (Å²) in [6.07, 6.45) is 11.1. The Balaban J connectivity index is 1.52. The highest BCUT2D eigenvalue weighted by atomic mass is 79.9. The first-order valence-electron chi connectivity index (χ1n) is 8.21. The quantitative estimate of drug-likeness (QED) is 0.640. The van der Waals surface area contributed by atoms with Gasteiger partial charge in [-0.1, -0.05) is 53.9 Å². The van der Waals surface area contributed by atoms with Crippen molar-refractivity contribution in [2.24, 2.45) is 16.8 Å². The molecule has 1 aliphatic carbocycles. The number of hydrogen-bond donors (Lipinski definition) is 0. The molecule has 0 saturated heterocycles. The first-order valence-corrected chi connectivity index (χ1v) is 9.01. The summed E-state index contributed by atoms with van der Waals surface area (Å²) in [5.74, 6) is 1.66. The van der Waals surface area contributed by atoms with E-state index in [0.717, 1.165) is 35.6 Å². The van der Waals surface area contributed by atoms with E-state index in [1.54, 1.807) is 0 Å². The molecular weight excluding hydrogens is 322 g/mol. The standard InChI is InChI=1S/C19H24BrN/c1-14-2-7-16(8-3-14)19-13-12-18(21-19)11-6-15-4-9-17(20)10-5-15/h4-5,9-10,13-14,16H,2-3,6-8,11-12H2,1H3. The number of nitrogens with zero attached hydrogens (tertiary/aromatic N) is 1. The Morgan fingerprint density at radius 3 is 2.48 bits per heavy atom. The number of hydrogen-bond acceptors (Lipinski definition) is 1. The van der Waals surface area contributed by atoms with E-state index in [1.807, 2.05) is 0 Å². The van der Waals surface area contributed by atoms with Gasteiger partial charge in [0.15, 0.2) is 0 Å². The molecule has 112 valence electrons. The molecule has 1 aromatic carbocycles. The fraction of sp³-hybridized carbons (Fsp3) is 0.526. The maximum absolute atomic E-state index is 4.94. The van der Waals surface area contributed by atoms with E-state index < -0.39 is 0 Å². The van der Waals surface area contributed by atoms with E-state index >= 15 is 0 Å². The van der Waals surface area contributed by atoms with Crippen molar-refractivity contribution in [1.82, 2.24) is 0 Å². The first-order chi connectivity index (χ1) is 10.2. The summed E-state index contributed by atoms with van der Waals surface area (Å²) in [6, 6.07) is 8.66. The van der Waals surface area contributed by atoms with Crippen LogP contribution in [0.3, 0.4) is 0 Å². The van der Waals surface area contributed by atoms with Crippen LogP contribution in [-0.2, 0) is 6.42 Å². The van der Waals surface area contributed by atoms with Gasteiger partial charge in [-0.05, 0) is 49.3 Å². The number of aryl methyl sites for hydroxylation is 1. The molecule has 1 aromatic rings. The zero-order valence-corrected chi connectivity index (χ0v) is 14.4. The van der Waals surface area contributed by atoms with Crippen LogP contribution in [-0.4, -0.2) is 5.71 Å². The van der Waals surface area contributed by atoms with Gasteiger partial charge in [-0.25, -0.2) is 0 Å². The Morgan fingerprint density at radius 2 is 1.76 bits per heavy atom. The van der Waals surface area contributed by atoms with Crippen molar-refractivity contribution in [2.75, 3.05) is 0 Å². The lowest BCUT2D eigenvalue weighted by Gasteiger charge is -2.25. The molecule has 0 aromatic heterocycles. The van der Waals surface area contributed by atoms with Crippen molar-refractivity contribution in [1.29, 1.82) is 0 Å². The molecule has 1 aliphatic heterocycles. The minimum atomic E-state index is 0.742. The summed E-state index contributed by atoms with van der Waals surface area (Å²) in [6.45, 7) is 2.38. The second-order valence-corrected chi connectivity index (χ2v) is 7.51. The monoisotopic (exact) mass is 345 g/mol. The number of aliphatic imine (C=N–C) groups is 1. The third kappa shape index (κ3) is 4.06. The maximum Gasteiger partial charge on any atom is 0.0398 e. The van der Waals surface area contributed by atoms with E-state index in [1.165, 1.54) is 42.7 Å². The van der Waals surface area contributed by atoms with Crippen molar-refractivity contribution in [3.63, 3.8) is 0 Å². The van der Waals surface area contributed by atoms with Gasteiger partial charge in [0.05, 0.1) is 0 Å². The Labute approximate surface area is 136 Å². The van der Waals surface area contributed by atoms with E-state index in [0.29, 0.717) is 0 Å². The molecule has 2 aliphatic rings. The molecule has 0 bridgehead atoms. The maximum atomic E-state index is 4.94. The Morgan fingerprint density at radius 1 is 1.05 bits per heavy atom. The van der Waals surface area contributed by atoms with Crippen LogP contribution in [0.25, 0.3) is 0 Å². The summed E-state index contributed by atoms with van der Waals surface area (Å²) >= 11 is 3.49. The molecule has 1 heterocycles. The van der Waals surface area contributed by atoms with Crippen molar-refractivity contribution in [2.45, 2.75) is 51.9 Å². The Hall–Kier alpha value is -0.890. The highest BCUT2D eigenvalue weighted by molar-refractivity contribution is 9.10. The number of benzene rings is 1. The van der Waals surface area contributed by atoms with Crippen LogP contribution in [0.4, 0.5) is 0 Å². The summed E-state index contributed by atoms with van der Waals surface area (Å²) in [7, 11) is 0. The van der Waals surface area contributed by atoms with Crippen molar-refractivity contribution < 1.29 is 0 Å². The van der Waals surface area contributed by atoms with E-state index in [2.05, 4.69) is 53.2 Å². The van der Waals surface area contributed by atoms with Crippen molar-refractivity contribution in [3.05, 3.63) is 46.1 Å². The average Bonchev–Trinajstić information content (AvgIpc) is 2.96. The van der Waals surface area contributed by atoms with E-state index in [-0.39, 0.29) is 0 Å². The summed E-state index contributed by atoms with van der Waals surface area (Å²) < 4.78 is 1.15. The summed E-state index contributed by atoms with van der Waals surface area (Å²) in [5, 5.41) is 0. The van der Waals surface area contributed by atoms with Gasteiger partial charge < -0.3 is 0 Å². The molecule has 0 unspecified atom stereocenters. The largest absolute Gasteiger partial charge is 0.262 e. The zero-order chi connectivity index (χ0) is 14.7. The number of halogens is 1. The molecular formula is C19H24BrN. The normalized spacial score (nSPS) is 25.6. The predicted octanol–water partition coefficient (Wildman–Crippen LogP) is 5.94. The molecule has 0 radical (unpaired) electrons. The lowest BCUT2D eigenvalue weighted by molar-refractivity contribution is 0.319. The van der Waals surface area contributed by atoms with Crippen LogP contribution in [0.1, 0.15) is 51.0 Å². The molecule has 1 fully saturated rings. The third-order valence-electron chi connectivity index (χ3n) is 4.88. The molecule has 0 spiro atoms. The lowest BCUT2D eigenvalue weighted by atomic mass is 9.81. The minimum Gasteiger partial charge on any atom is -0.262 e. The third-order valence-corrected chi connectivity index (χ3v) is 5.41. The topological polar surface area (TPSA) is 12.4 Å². The molecule has 1 saturated carbocycles. The van der Waals surface area contributed by atoms with Gasteiger partial charge in [0.25, 0.3) is 0 Å². The van der Waals surface area contributed by atoms with Crippen LogP contribution >= 0.6 is 15.9 Å². The molecule has 21 heavy (non-hydrogen) atoms. The predicted molar refractivity (Wildman–Crippen MR) is 93.7 cm³/mol. The first kappa shape index (κ1) is 15.0. The average molecular weight is 346 g/mol. The zero-order valence-electron chi connectivity index (χ0n) is 12.8. The summed E-state index contributed by atoms with van der Waals surface area (Å²) in [5.41, 5.74) is 4.18. The number of rotatable bonds is 4. The van der Waals surface area contributed by atoms with Gasteiger partial charge in [-0.3, -0.25) is 4.99 Å². The fourth-order valence-corrected chi connectivity index (χ4v) is 3.67.